The molecule has 0 bridgehead atoms. The standard InChI is InChI=1S/C21H18N2O3S2/c1-13-6-10-19(27-13)16(24)8-11-20(25)22-12-14-7-9-17(26-14)21-23-15-4-2-3-5-18(15)28-21/h2-7,9-10H,8,11-12H2,1H3,(H,22,25). The highest BCUT2D eigenvalue weighted by molar-refractivity contribution is 7.21. The highest BCUT2D eigenvalue weighted by atomic mass is 32.1. The third kappa shape index (κ3) is 4.21. The van der Waals surface area contributed by atoms with Crippen LogP contribution >= 0.6 is 22.7 Å². The van der Waals surface area contributed by atoms with Crippen molar-refractivity contribution in [2.45, 2.75) is 26.3 Å². The Morgan fingerprint density at radius 1 is 1.04 bits per heavy atom. The molecule has 4 rings (SSSR count). The number of Topliss-reactive ketones (excluding diaryl/α,β-unsaturated/α-hetero) is 1. The van der Waals surface area contributed by atoms with E-state index >= 15 is 0 Å². The van der Waals surface area contributed by atoms with E-state index in [2.05, 4.69) is 10.3 Å². The molecule has 1 N–H and O–H groups in total. The van der Waals surface area contributed by atoms with Crippen molar-refractivity contribution in [3.63, 3.8) is 0 Å². The Labute approximate surface area is 170 Å². The van der Waals surface area contributed by atoms with Gasteiger partial charge in [-0.25, -0.2) is 4.98 Å². The van der Waals surface area contributed by atoms with E-state index in [4.69, 9.17) is 4.42 Å². The molecule has 5 nitrogen and oxygen atoms in total. The minimum Gasteiger partial charge on any atom is -0.457 e. The molecular weight excluding hydrogens is 392 g/mol. The molecule has 0 spiro atoms. The predicted molar refractivity (Wildman–Crippen MR) is 112 cm³/mol. The summed E-state index contributed by atoms with van der Waals surface area (Å²) < 4.78 is 6.92. The van der Waals surface area contributed by atoms with Crippen LogP contribution in [-0.4, -0.2) is 16.7 Å². The lowest BCUT2D eigenvalue weighted by Gasteiger charge is -2.02. The number of hydrogen-bond acceptors (Lipinski definition) is 6. The number of ketones is 1. The van der Waals surface area contributed by atoms with Crippen LogP contribution in [-0.2, 0) is 11.3 Å². The first-order chi connectivity index (χ1) is 13.6. The van der Waals surface area contributed by atoms with Gasteiger partial charge in [-0.15, -0.1) is 22.7 Å². The number of hydrogen-bond donors (Lipinski definition) is 1. The van der Waals surface area contributed by atoms with Crippen LogP contribution in [0.1, 0.15) is 33.2 Å². The number of carbonyl (C=O) groups is 2. The number of nitrogens with one attached hydrogen (secondary N) is 1. The number of rotatable bonds is 7. The van der Waals surface area contributed by atoms with Crippen LogP contribution in [0.3, 0.4) is 0 Å². The van der Waals surface area contributed by atoms with Gasteiger partial charge in [0.2, 0.25) is 5.91 Å². The Balaban J connectivity index is 1.30. The quantitative estimate of drug-likeness (QED) is 0.425. The van der Waals surface area contributed by atoms with Crippen molar-refractivity contribution in [2.24, 2.45) is 0 Å². The molecule has 0 fully saturated rings. The predicted octanol–water partition coefficient (Wildman–Crippen LogP) is 5.21. The van der Waals surface area contributed by atoms with Gasteiger partial charge in [0.25, 0.3) is 0 Å². The lowest BCUT2D eigenvalue weighted by atomic mass is 10.2. The first kappa shape index (κ1) is 18.6. The fraction of sp³-hybridized carbons (Fsp3) is 0.190. The Hall–Kier alpha value is -2.77. The molecule has 1 amide bonds. The van der Waals surface area contributed by atoms with Crippen LogP contribution in [0.15, 0.2) is 52.9 Å². The highest BCUT2D eigenvalue weighted by Crippen LogP contribution is 2.31. The van der Waals surface area contributed by atoms with E-state index in [9.17, 15) is 9.59 Å². The molecule has 0 aliphatic carbocycles. The normalized spacial score (nSPS) is 11.0. The summed E-state index contributed by atoms with van der Waals surface area (Å²) in [6, 6.07) is 15.4. The fourth-order valence-electron chi connectivity index (χ4n) is 2.77. The van der Waals surface area contributed by atoms with Crippen LogP contribution in [0.5, 0.6) is 0 Å². The molecule has 4 aromatic rings. The summed E-state index contributed by atoms with van der Waals surface area (Å²) in [6.45, 7) is 2.25. The zero-order valence-corrected chi connectivity index (χ0v) is 16.9. The third-order valence-electron chi connectivity index (χ3n) is 4.22. The van der Waals surface area contributed by atoms with Gasteiger partial charge in [0.15, 0.2) is 16.6 Å². The topological polar surface area (TPSA) is 72.2 Å². The molecule has 3 heterocycles. The summed E-state index contributed by atoms with van der Waals surface area (Å²) >= 11 is 3.03. The SMILES string of the molecule is Cc1ccc(C(=O)CCC(=O)NCc2ccc(-c3nc4ccccc4s3)o2)s1. The number of thiophene rings is 1. The minimum atomic E-state index is -0.167. The zero-order chi connectivity index (χ0) is 19.5. The lowest BCUT2D eigenvalue weighted by molar-refractivity contribution is -0.121. The van der Waals surface area contributed by atoms with E-state index in [1.807, 2.05) is 55.5 Å². The number of benzene rings is 1. The van der Waals surface area contributed by atoms with E-state index in [1.165, 1.54) is 11.3 Å². The molecule has 0 saturated carbocycles. The Kier molecular flexibility index (Phi) is 5.36. The summed E-state index contributed by atoms with van der Waals surface area (Å²) in [7, 11) is 0. The molecule has 0 atom stereocenters. The molecule has 7 heteroatoms. The van der Waals surface area contributed by atoms with Gasteiger partial charge in [-0.1, -0.05) is 12.1 Å². The molecule has 0 unspecified atom stereocenters. The first-order valence-electron chi connectivity index (χ1n) is 8.89. The minimum absolute atomic E-state index is 0.00405. The van der Waals surface area contributed by atoms with Gasteiger partial charge >= 0.3 is 0 Å². The maximum atomic E-state index is 12.1. The number of fused-ring (bicyclic) bond motifs is 1. The molecular formula is C21H18N2O3S2. The average molecular weight is 411 g/mol. The van der Waals surface area contributed by atoms with Gasteiger partial charge in [-0.2, -0.15) is 0 Å². The number of furan rings is 1. The lowest BCUT2D eigenvalue weighted by Crippen LogP contribution is -2.22. The number of nitrogens with zero attached hydrogens (tertiary/aromatic N) is 1. The molecule has 0 saturated heterocycles. The van der Waals surface area contributed by atoms with E-state index < -0.39 is 0 Å². The molecule has 28 heavy (non-hydrogen) atoms. The van der Waals surface area contributed by atoms with Crippen LogP contribution in [0.4, 0.5) is 0 Å². The maximum Gasteiger partial charge on any atom is 0.220 e. The number of thiazole rings is 1. The molecule has 0 radical (unpaired) electrons. The summed E-state index contributed by atoms with van der Waals surface area (Å²) in [5, 5.41) is 3.62. The Morgan fingerprint density at radius 2 is 1.89 bits per heavy atom. The van der Waals surface area contributed by atoms with E-state index in [0.29, 0.717) is 16.4 Å². The van der Waals surface area contributed by atoms with E-state index in [-0.39, 0.29) is 31.1 Å². The number of aryl methyl sites for hydroxylation is 1. The molecule has 142 valence electrons. The number of carbonyl (C=O) groups excluding carboxylic acids is 2. The second-order valence-corrected chi connectivity index (χ2v) is 8.68. The molecule has 1 aromatic carbocycles. The molecule has 0 aliphatic heterocycles. The van der Waals surface area contributed by atoms with Crippen LogP contribution in [0.25, 0.3) is 21.0 Å². The molecule has 0 aliphatic rings. The first-order valence-corrected chi connectivity index (χ1v) is 10.5. The van der Waals surface area contributed by atoms with Gasteiger partial charge in [0.1, 0.15) is 5.76 Å². The second kappa shape index (κ2) is 8.08. The maximum absolute atomic E-state index is 12.1. The summed E-state index contributed by atoms with van der Waals surface area (Å²) in [5.41, 5.74) is 0.944. The largest absolute Gasteiger partial charge is 0.457 e. The Bertz CT molecular complexity index is 1110. The van der Waals surface area contributed by atoms with Crippen LogP contribution in [0.2, 0.25) is 0 Å². The summed E-state index contributed by atoms with van der Waals surface area (Å²) in [5.74, 6) is 1.18. The number of amides is 1. The Morgan fingerprint density at radius 3 is 2.68 bits per heavy atom. The monoisotopic (exact) mass is 410 g/mol. The van der Waals surface area contributed by atoms with Crippen LogP contribution < -0.4 is 5.32 Å². The second-order valence-electron chi connectivity index (χ2n) is 6.36. The van der Waals surface area contributed by atoms with E-state index in [0.717, 1.165) is 20.1 Å². The third-order valence-corrected chi connectivity index (χ3v) is 6.31. The van der Waals surface area contributed by atoms with Crippen molar-refractivity contribution in [3.05, 3.63) is 64.0 Å². The van der Waals surface area contributed by atoms with Crippen molar-refractivity contribution in [2.75, 3.05) is 0 Å². The summed E-state index contributed by atoms with van der Waals surface area (Å²) in [6.07, 6.45) is 0.377. The number of para-hydroxylation sites is 1. The number of aromatic nitrogens is 1. The van der Waals surface area contributed by atoms with Gasteiger partial charge in [0.05, 0.1) is 21.6 Å². The van der Waals surface area contributed by atoms with Gasteiger partial charge in [-0.05, 0) is 43.3 Å². The van der Waals surface area contributed by atoms with Gasteiger partial charge in [0, 0.05) is 17.7 Å². The smallest absolute Gasteiger partial charge is 0.220 e. The average Bonchev–Trinajstić information content (AvgIpc) is 3.42. The van der Waals surface area contributed by atoms with Crippen molar-refractivity contribution in [3.8, 4) is 10.8 Å². The summed E-state index contributed by atoms with van der Waals surface area (Å²) in [4.78, 5) is 30.5. The van der Waals surface area contributed by atoms with Crippen molar-refractivity contribution in [1.29, 1.82) is 0 Å². The van der Waals surface area contributed by atoms with E-state index in [1.54, 1.807) is 11.3 Å². The molecule has 3 aromatic heterocycles. The van der Waals surface area contributed by atoms with Crippen molar-refractivity contribution >= 4 is 44.6 Å². The van der Waals surface area contributed by atoms with Gasteiger partial charge in [-0.3, -0.25) is 9.59 Å². The zero-order valence-electron chi connectivity index (χ0n) is 15.2. The van der Waals surface area contributed by atoms with Gasteiger partial charge < -0.3 is 9.73 Å². The van der Waals surface area contributed by atoms with Crippen molar-refractivity contribution < 1.29 is 14.0 Å². The van der Waals surface area contributed by atoms with Crippen molar-refractivity contribution in [1.82, 2.24) is 10.3 Å². The van der Waals surface area contributed by atoms with Crippen LogP contribution in [0, 0.1) is 6.92 Å². The fourth-order valence-corrected chi connectivity index (χ4v) is 4.54. The highest BCUT2D eigenvalue weighted by Gasteiger charge is 2.13.